The highest BCUT2D eigenvalue weighted by Gasteiger charge is 2.58. The summed E-state index contributed by atoms with van der Waals surface area (Å²) in [6, 6.07) is 0. The molecule has 0 aliphatic carbocycles. The number of nitrogens with zero attached hydrogens (tertiary/aromatic N) is 1. The number of halogens is 2. The summed E-state index contributed by atoms with van der Waals surface area (Å²) >= 11 is 0. The van der Waals surface area contributed by atoms with Crippen LogP contribution in [-0.2, 0) is 0 Å². The van der Waals surface area contributed by atoms with E-state index >= 15 is 0 Å². The summed E-state index contributed by atoms with van der Waals surface area (Å²) in [6.45, 7) is 5.40. The van der Waals surface area contributed by atoms with Gasteiger partial charge < -0.3 is 0 Å². The lowest BCUT2D eigenvalue weighted by atomic mass is 9.87. The summed E-state index contributed by atoms with van der Waals surface area (Å²) in [6.07, 6.45) is 0.394. The van der Waals surface area contributed by atoms with Gasteiger partial charge in [0, 0.05) is 13.0 Å². The molecule has 1 saturated heterocycles. The second-order valence-corrected chi connectivity index (χ2v) is 3.33. The van der Waals surface area contributed by atoms with Gasteiger partial charge in [0.1, 0.15) is 0 Å². The maximum Gasteiger partial charge on any atom is 0.170 e. The highest BCUT2D eigenvalue weighted by molar-refractivity contribution is 5.00. The molecule has 1 heterocycles. The molecule has 1 fully saturated rings. The SMILES string of the molecule is CCN1C(C)(F)CC1(F)CC. The summed E-state index contributed by atoms with van der Waals surface area (Å²) in [5.74, 6) is -2.79. The Balaban J connectivity index is 2.66. The van der Waals surface area contributed by atoms with Crippen molar-refractivity contribution in [1.82, 2.24) is 4.90 Å². The molecule has 0 aromatic heterocycles. The Morgan fingerprint density at radius 3 is 2.09 bits per heavy atom. The van der Waals surface area contributed by atoms with Gasteiger partial charge in [-0.2, -0.15) is 0 Å². The van der Waals surface area contributed by atoms with Gasteiger partial charge >= 0.3 is 0 Å². The van der Waals surface area contributed by atoms with Crippen LogP contribution in [0, 0.1) is 0 Å². The fourth-order valence-corrected chi connectivity index (χ4v) is 1.94. The van der Waals surface area contributed by atoms with Crippen molar-refractivity contribution < 1.29 is 8.78 Å². The van der Waals surface area contributed by atoms with Gasteiger partial charge in [-0.1, -0.05) is 13.8 Å². The molecule has 11 heavy (non-hydrogen) atoms. The van der Waals surface area contributed by atoms with Crippen LogP contribution < -0.4 is 0 Å². The maximum absolute atomic E-state index is 13.5. The lowest BCUT2D eigenvalue weighted by Gasteiger charge is -2.55. The topological polar surface area (TPSA) is 3.24 Å². The summed E-state index contributed by atoms with van der Waals surface area (Å²) < 4.78 is 26.7. The highest BCUT2D eigenvalue weighted by Crippen LogP contribution is 2.48. The molecule has 1 aliphatic heterocycles. The Bertz CT molecular complexity index is 158. The number of rotatable bonds is 2. The molecule has 1 aliphatic rings. The van der Waals surface area contributed by atoms with E-state index in [1.807, 2.05) is 0 Å². The fourth-order valence-electron chi connectivity index (χ4n) is 1.94. The molecule has 2 atom stereocenters. The zero-order valence-corrected chi connectivity index (χ0v) is 7.32. The van der Waals surface area contributed by atoms with Crippen molar-refractivity contribution in [2.45, 2.75) is 45.2 Å². The summed E-state index contributed by atoms with van der Waals surface area (Å²) in [4.78, 5) is 1.28. The van der Waals surface area contributed by atoms with Crippen molar-refractivity contribution in [2.24, 2.45) is 0 Å². The second kappa shape index (κ2) is 2.41. The number of likely N-dealkylation sites (tertiary alicyclic amines) is 1. The van der Waals surface area contributed by atoms with Crippen LogP contribution in [0.15, 0.2) is 0 Å². The molecule has 0 N–H and O–H groups in total. The van der Waals surface area contributed by atoms with Crippen LogP contribution >= 0.6 is 0 Å². The van der Waals surface area contributed by atoms with Gasteiger partial charge in [-0.3, -0.25) is 0 Å². The third-order valence-corrected chi connectivity index (χ3v) is 2.50. The van der Waals surface area contributed by atoms with Crippen LogP contribution in [-0.4, -0.2) is 23.0 Å². The minimum atomic E-state index is -1.42. The van der Waals surface area contributed by atoms with Gasteiger partial charge in [-0.05, 0) is 13.3 Å². The van der Waals surface area contributed by atoms with E-state index in [2.05, 4.69) is 0 Å². The van der Waals surface area contributed by atoms with Crippen LogP contribution in [0.2, 0.25) is 0 Å². The predicted molar refractivity (Wildman–Crippen MR) is 40.6 cm³/mol. The molecule has 0 radical (unpaired) electrons. The average Bonchev–Trinajstić information content (AvgIpc) is 1.86. The van der Waals surface area contributed by atoms with Crippen molar-refractivity contribution in [1.29, 1.82) is 0 Å². The van der Waals surface area contributed by atoms with Gasteiger partial charge in [0.2, 0.25) is 0 Å². The molecule has 2 unspecified atom stereocenters. The fraction of sp³-hybridized carbons (Fsp3) is 1.00. The molecule has 1 nitrogen and oxygen atoms in total. The maximum atomic E-state index is 13.5. The molecule has 0 amide bonds. The molecule has 3 heteroatoms. The first-order valence-electron chi connectivity index (χ1n) is 4.12. The van der Waals surface area contributed by atoms with Gasteiger partial charge in [0.15, 0.2) is 11.6 Å². The third-order valence-electron chi connectivity index (χ3n) is 2.50. The molecule has 1 rings (SSSR count). The molecule has 0 bridgehead atoms. The van der Waals surface area contributed by atoms with E-state index < -0.39 is 11.6 Å². The summed E-state index contributed by atoms with van der Waals surface area (Å²) in [5, 5.41) is 0. The van der Waals surface area contributed by atoms with Gasteiger partial charge in [-0.15, -0.1) is 0 Å². The van der Waals surface area contributed by atoms with Gasteiger partial charge in [0.05, 0.1) is 0 Å². The Hall–Kier alpha value is -0.180. The first-order chi connectivity index (χ1) is 4.96. The van der Waals surface area contributed by atoms with Crippen molar-refractivity contribution in [3.63, 3.8) is 0 Å². The highest BCUT2D eigenvalue weighted by atomic mass is 19.2. The zero-order chi connectivity index (χ0) is 8.70. The van der Waals surface area contributed by atoms with Crippen LogP contribution in [0.3, 0.4) is 0 Å². The Labute approximate surface area is 66.4 Å². The van der Waals surface area contributed by atoms with Crippen molar-refractivity contribution in [3.05, 3.63) is 0 Å². The number of alkyl halides is 2. The van der Waals surface area contributed by atoms with E-state index in [1.165, 1.54) is 11.8 Å². The first kappa shape index (κ1) is 8.91. The smallest absolute Gasteiger partial charge is 0.170 e. The number of hydrogen-bond donors (Lipinski definition) is 0. The Morgan fingerprint density at radius 1 is 1.36 bits per heavy atom. The lowest BCUT2D eigenvalue weighted by molar-refractivity contribution is -0.264. The van der Waals surface area contributed by atoms with E-state index in [9.17, 15) is 8.78 Å². The number of hydrogen-bond acceptors (Lipinski definition) is 1. The quantitative estimate of drug-likeness (QED) is 0.565. The van der Waals surface area contributed by atoms with Gasteiger partial charge in [0.25, 0.3) is 0 Å². The first-order valence-corrected chi connectivity index (χ1v) is 4.12. The minimum absolute atomic E-state index is 0.0182. The zero-order valence-electron chi connectivity index (χ0n) is 7.32. The molecule has 0 saturated carbocycles. The van der Waals surface area contributed by atoms with Crippen molar-refractivity contribution in [3.8, 4) is 0 Å². The molecule has 66 valence electrons. The normalized spacial score (nSPS) is 45.5. The molecule has 0 aromatic rings. The monoisotopic (exact) mass is 163 g/mol. The summed E-state index contributed by atoms with van der Waals surface area (Å²) in [5.41, 5.74) is 0. The van der Waals surface area contributed by atoms with E-state index in [4.69, 9.17) is 0 Å². The molecular weight excluding hydrogens is 148 g/mol. The van der Waals surface area contributed by atoms with Gasteiger partial charge in [-0.25, -0.2) is 13.7 Å². The third kappa shape index (κ3) is 1.15. The van der Waals surface area contributed by atoms with Crippen LogP contribution in [0.5, 0.6) is 0 Å². The second-order valence-electron chi connectivity index (χ2n) is 3.33. The summed E-state index contributed by atoms with van der Waals surface area (Å²) in [7, 11) is 0. The predicted octanol–water partition coefficient (Wildman–Crippen LogP) is 2.47. The van der Waals surface area contributed by atoms with E-state index in [1.54, 1.807) is 13.8 Å². The standard InChI is InChI=1S/C8H15F2N/c1-4-8(10)6-7(3,9)11(8)5-2/h4-6H2,1-3H3. The molecular formula is C8H15F2N. The van der Waals surface area contributed by atoms with Crippen molar-refractivity contribution >= 4 is 0 Å². The van der Waals surface area contributed by atoms with E-state index in [0.29, 0.717) is 13.0 Å². The molecule has 0 aromatic carbocycles. The average molecular weight is 163 g/mol. The van der Waals surface area contributed by atoms with E-state index in [-0.39, 0.29) is 6.42 Å². The Morgan fingerprint density at radius 2 is 1.91 bits per heavy atom. The largest absolute Gasteiger partial charge is 0.239 e. The molecule has 0 spiro atoms. The minimum Gasteiger partial charge on any atom is -0.239 e. The van der Waals surface area contributed by atoms with E-state index in [0.717, 1.165) is 0 Å². The van der Waals surface area contributed by atoms with Crippen LogP contribution in [0.25, 0.3) is 0 Å². The Kier molecular flexibility index (Phi) is 1.95. The van der Waals surface area contributed by atoms with Crippen LogP contribution in [0.1, 0.15) is 33.6 Å². The van der Waals surface area contributed by atoms with Crippen molar-refractivity contribution in [2.75, 3.05) is 6.54 Å². The lowest BCUT2D eigenvalue weighted by Crippen LogP contribution is -2.68. The van der Waals surface area contributed by atoms with Crippen LogP contribution in [0.4, 0.5) is 8.78 Å².